The van der Waals surface area contributed by atoms with Crippen molar-refractivity contribution in [2.45, 2.75) is 31.7 Å². The topological polar surface area (TPSA) is 29.1 Å². The molecule has 1 heterocycles. The van der Waals surface area contributed by atoms with Crippen LogP contribution in [-0.2, 0) is 4.79 Å². The molecule has 2 aromatic rings. The minimum Gasteiger partial charge on any atom is -0.377 e. The smallest absolute Gasteiger partial charge is 0.138 e. The van der Waals surface area contributed by atoms with Gasteiger partial charge < -0.3 is 5.32 Å². The van der Waals surface area contributed by atoms with E-state index in [1.54, 1.807) is 11.3 Å². The van der Waals surface area contributed by atoms with Crippen molar-refractivity contribution in [1.29, 1.82) is 0 Å². The Morgan fingerprint density at radius 3 is 2.67 bits per heavy atom. The first-order valence-corrected chi connectivity index (χ1v) is 8.58. The highest BCUT2D eigenvalue weighted by molar-refractivity contribution is 7.10. The lowest BCUT2D eigenvalue weighted by atomic mass is 9.82. The molecule has 0 saturated heterocycles. The van der Waals surface area contributed by atoms with Crippen molar-refractivity contribution in [3.05, 3.63) is 51.7 Å². The Hall–Kier alpha value is -1.32. The minimum absolute atomic E-state index is 0.0685. The molecule has 4 heteroatoms. The third kappa shape index (κ3) is 3.47. The predicted octanol–water partition coefficient (Wildman–Crippen LogP) is 5.31. The Labute approximate surface area is 134 Å². The van der Waals surface area contributed by atoms with Gasteiger partial charge in [-0.25, -0.2) is 0 Å². The van der Waals surface area contributed by atoms with Crippen LogP contribution in [0.25, 0.3) is 0 Å². The van der Waals surface area contributed by atoms with Gasteiger partial charge in [-0.15, -0.1) is 11.3 Å². The first-order valence-electron chi connectivity index (χ1n) is 7.32. The van der Waals surface area contributed by atoms with Crippen LogP contribution in [0.1, 0.15) is 36.6 Å². The van der Waals surface area contributed by atoms with Gasteiger partial charge in [0.15, 0.2) is 0 Å². The van der Waals surface area contributed by atoms with Crippen LogP contribution in [-0.4, -0.2) is 5.78 Å². The Morgan fingerprint density at radius 2 is 2.00 bits per heavy atom. The molecule has 1 N–H and O–H groups in total. The summed E-state index contributed by atoms with van der Waals surface area (Å²) in [7, 11) is 0. The van der Waals surface area contributed by atoms with Crippen molar-refractivity contribution in [2.24, 2.45) is 5.92 Å². The number of hydrogen-bond acceptors (Lipinski definition) is 3. The number of carbonyl (C=O) groups excluding carboxylic acids is 1. The average Bonchev–Trinajstić information content (AvgIpc) is 3.02. The normalized spacial score (nSPS) is 20.2. The van der Waals surface area contributed by atoms with Gasteiger partial charge in [-0.2, -0.15) is 0 Å². The van der Waals surface area contributed by atoms with Gasteiger partial charge in [0.2, 0.25) is 0 Å². The molecule has 1 aromatic carbocycles. The molecule has 1 fully saturated rings. The maximum Gasteiger partial charge on any atom is 0.138 e. The fourth-order valence-electron chi connectivity index (χ4n) is 2.93. The Kier molecular flexibility index (Phi) is 4.61. The summed E-state index contributed by atoms with van der Waals surface area (Å²) in [5, 5.41) is 6.33. The summed E-state index contributed by atoms with van der Waals surface area (Å²) in [6, 6.07) is 11.9. The van der Waals surface area contributed by atoms with Crippen molar-refractivity contribution in [1.82, 2.24) is 0 Å². The number of rotatable bonds is 4. The van der Waals surface area contributed by atoms with E-state index in [4.69, 9.17) is 11.6 Å². The van der Waals surface area contributed by atoms with Gasteiger partial charge in [-0.05, 0) is 48.6 Å². The lowest BCUT2D eigenvalue weighted by molar-refractivity contribution is -0.125. The van der Waals surface area contributed by atoms with E-state index in [1.165, 1.54) is 4.88 Å². The van der Waals surface area contributed by atoms with Crippen LogP contribution in [0.5, 0.6) is 0 Å². The highest BCUT2D eigenvalue weighted by Crippen LogP contribution is 2.36. The molecule has 110 valence electrons. The lowest BCUT2D eigenvalue weighted by Crippen LogP contribution is -2.29. The van der Waals surface area contributed by atoms with E-state index < -0.39 is 0 Å². The lowest BCUT2D eigenvalue weighted by Gasteiger charge is -2.30. The second-order valence-corrected chi connectivity index (χ2v) is 6.88. The second kappa shape index (κ2) is 6.63. The standard InChI is InChI=1S/C17H18ClNOS/c18-12-7-9-13(10-8-12)19-17(16-6-3-11-21-16)14-4-1-2-5-15(14)20/h3,6-11,14,17,19H,1-2,4-5H2/t14-,17-/m0/s1. The van der Waals surface area contributed by atoms with E-state index in [0.29, 0.717) is 5.78 Å². The number of thiophene rings is 1. The van der Waals surface area contributed by atoms with Crippen LogP contribution in [0.4, 0.5) is 5.69 Å². The van der Waals surface area contributed by atoms with Gasteiger partial charge in [-0.1, -0.05) is 24.1 Å². The number of halogens is 1. The van der Waals surface area contributed by atoms with Gasteiger partial charge >= 0.3 is 0 Å². The van der Waals surface area contributed by atoms with E-state index in [2.05, 4.69) is 16.8 Å². The SMILES string of the molecule is O=C1CCCC[C@@H]1[C@H](Nc1ccc(Cl)cc1)c1cccs1. The molecule has 3 rings (SSSR count). The number of benzene rings is 1. The van der Waals surface area contributed by atoms with Crippen LogP contribution < -0.4 is 5.32 Å². The highest BCUT2D eigenvalue weighted by atomic mass is 35.5. The monoisotopic (exact) mass is 319 g/mol. The first kappa shape index (κ1) is 14.6. The zero-order valence-electron chi connectivity index (χ0n) is 11.7. The zero-order chi connectivity index (χ0) is 14.7. The second-order valence-electron chi connectivity index (χ2n) is 5.46. The summed E-state index contributed by atoms with van der Waals surface area (Å²) in [6.45, 7) is 0. The van der Waals surface area contributed by atoms with E-state index >= 15 is 0 Å². The minimum atomic E-state index is 0.0685. The van der Waals surface area contributed by atoms with Crippen molar-refractivity contribution >= 4 is 34.4 Å². The van der Waals surface area contributed by atoms with Crippen LogP contribution in [0.15, 0.2) is 41.8 Å². The molecule has 21 heavy (non-hydrogen) atoms. The Bertz CT molecular complexity index is 594. The predicted molar refractivity (Wildman–Crippen MR) is 89.1 cm³/mol. The van der Waals surface area contributed by atoms with Crippen LogP contribution in [0, 0.1) is 5.92 Å². The maximum atomic E-state index is 12.3. The number of anilines is 1. The molecule has 0 radical (unpaired) electrons. The van der Waals surface area contributed by atoms with E-state index in [1.807, 2.05) is 30.3 Å². The molecule has 2 nitrogen and oxygen atoms in total. The fraction of sp³-hybridized carbons (Fsp3) is 0.353. The van der Waals surface area contributed by atoms with E-state index in [-0.39, 0.29) is 12.0 Å². The third-order valence-electron chi connectivity index (χ3n) is 4.02. The van der Waals surface area contributed by atoms with E-state index in [0.717, 1.165) is 36.4 Å². The third-order valence-corrected chi connectivity index (χ3v) is 5.23. The molecular formula is C17H18ClNOS. The molecule has 1 aliphatic rings. The molecule has 0 unspecified atom stereocenters. The summed E-state index contributed by atoms with van der Waals surface area (Å²) in [5.41, 5.74) is 1.01. The van der Waals surface area contributed by atoms with Gasteiger partial charge in [0.1, 0.15) is 5.78 Å². The van der Waals surface area contributed by atoms with Gasteiger partial charge in [-0.3, -0.25) is 4.79 Å². The van der Waals surface area contributed by atoms with Crippen molar-refractivity contribution < 1.29 is 4.79 Å². The number of carbonyl (C=O) groups is 1. The van der Waals surface area contributed by atoms with Crippen molar-refractivity contribution in [2.75, 3.05) is 5.32 Å². The summed E-state index contributed by atoms with van der Waals surface area (Å²) < 4.78 is 0. The summed E-state index contributed by atoms with van der Waals surface area (Å²) >= 11 is 7.65. The summed E-state index contributed by atoms with van der Waals surface area (Å²) in [5.74, 6) is 0.467. The van der Waals surface area contributed by atoms with Crippen LogP contribution in [0.3, 0.4) is 0 Å². The molecule has 1 saturated carbocycles. The number of nitrogens with one attached hydrogen (secondary N) is 1. The maximum absolute atomic E-state index is 12.3. The Balaban J connectivity index is 1.85. The molecule has 2 atom stereocenters. The average molecular weight is 320 g/mol. The summed E-state index contributed by atoms with van der Waals surface area (Å²) in [4.78, 5) is 13.5. The van der Waals surface area contributed by atoms with Crippen LogP contribution >= 0.6 is 22.9 Å². The molecule has 0 bridgehead atoms. The highest BCUT2D eigenvalue weighted by Gasteiger charge is 2.31. The molecule has 1 aromatic heterocycles. The van der Waals surface area contributed by atoms with E-state index in [9.17, 15) is 4.79 Å². The first-order chi connectivity index (χ1) is 10.2. The number of hydrogen-bond donors (Lipinski definition) is 1. The molecule has 0 aliphatic heterocycles. The zero-order valence-corrected chi connectivity index (χ0v) is 13.3. The molecule has 0 amide bonds. The molecule has 1 aliphatic carbocycles. The van der Waals surface area contributed by atoms with Crippen LogP contribution in [0.2, 0.25) is 5.02 Å². The van der Waals surface area contributed by atoms with Gasteiger partial charge in [0.25, 0.3) is 0 Å². The largest absolute Gasteiger partial charge is 0.377 e. The quantitative estimate of drug-likeness (QED) is 0.827. The van der Waals surface area contributed by atoms with Gasteiger partial charge in [0.05, 0.1) is 6.04 Å². The Morgan fingerprint density at radius 1 is 1.19 bits per heavy atom. The van der Waals surface area contributed by atoms with Gasteiger partial charge in [0, 0.05) is 27.9 Å². The summed E-state index contributed by atoms with van der Waals surface area (Å²) in [6.07, 6.45) is 3.87. The molecule has 0 spiro atoms. The number of Topliss-reactive ketones (excluding diaryl/α,β-unsaturated/α-hetero) is 1. The van der Waals surface area contributed by atoms with Crippen molar-refractivity contribution in [3.8, 4) is 0 Å². The fourth-order valence-corrected chi connectivity index (χ4v) is 3.89. The number of ketones is 1. The van der Waals surface area contributed by atoms with Crippen molar-refractivity contribution in [3.63, 3.8) is 0 Å². The molecular weight excluding hydrogens is 302 g/mol.